The molecule has 4 heterocycles. The van der Waals surface area contributed by atoms with E-state index in [9.17, 15) is 9.59 Å². The van der Waals surface area contributed by atoms with Crippen molar-refractivity contribution in [2.45, 2.75) is 25.6 Å². The predicted molar refractivity (Wildman–Crippen MR) is 133 cm³/mol. The van der Waals surface area contributed by atoms with Gasteiger partial charge in [0.05, 0.1) is 16.9 Å². The highest BCUT2D eigenvalue weighted by Gasteiger charge is 2.42. The van der Waals surface area contributed by atoms with Crippen LogP contribution in [-0.4, -0.2) is 77.9 Å². The first-order valence-corrected chi connectivity index (χ1v) is 12.2. The number of aromatic nitrogens is 1. The second-order valence-electron chi connectivity index (χ2n) is 9.72. The van der Waals surface area contributed by atoms with E-state index in [-0.39, 0.29) is 18.0 Å². The summed E-state index contributed by atoms with van der Waals surface area (Å²) in [7, 11) is 4.18. The van der Waals surface area contributed by atoms with E-state index in [4.69, 9.17) is 0 Å². The Morgan fingerprint density at radius 2 is 1.68 bits per heavy atom. The molecule has 1 fully saturated rings. The molecule has 0 radical (unpaired) electrons. The molecule has 2 amide bonds. The van der Waals surface area contributed by atoms with Gasteiger partial charge in [-0.05, 0) is 37.2 Å². The first-order chi connectivity index (χ1) is 16.5. The van der Waals surface area contributed by atoms with Crippen LogP contribution in [-0.2, 0) is 17.8 Å². The normalized spacial score (nSPS) is 20.4. The molecule has 6 rings (SSSR count). The van der Waals surface area contributed by atoms with Gasteiger partial charge in [0.1, 0.15) is 6.17 Å². The number of piperazine rings is 1. The van der Waals surface area contributed by atoms with Gasteiger partial charge in [-0.15, -0.1) is 0 Å². The van der Waals surface area contributed by atoms with E-state index >= 15 is 0 Å². The van der Waals surface area contributed by atoms with Crippen LogP contribution in [0.1, 0.15) is 34.2 Å². The fourth-order valence-corrected chi connectivity index (χ4v) is 5.97. The summed E-state index contributed by atoms with van der Waals surface area (Å²) in [6.07, 6.45) is 1.13. The van der Waals surface area contributed by atoms with Gasteiger partial charge >= 0.3 is 0 Å². The number of hydrogen-bond donors (Lipinski definition) is 0. The molecular formula is C27H31N5O2. The van der Waals surface area contributed by atoms with E-state index in [0.29, 0.717) is 19.5 Å². The zero-order valence-electron chi connectivity index (χ0n) is 19.9. The molecule has 3 aliphatic rings. The van der Waals surface area contributed by atoms with Crippen LogP contribution >= 0.6 is 0 Å². The summed E-state index contributed by atoms with van der Waals surface area (Å²) >= 11 is 0. The van der Waals surface area contributed by atoms with Gasteiger partial charge < -0.3 is 24.2 Å². The number of likely N-dealkylation sites (N-methyl/N-ethyl adjacent to an activating group) is 1. The quantitative estimate of drug-likeness (QED) is 0.607. The highest BCUT2D eigenvalue weighted by atomic mass is 16.2. The molecule has 0 unspecified atom stereocenters. The zero-order valence-corrected chi connectivity index (χ0v) is 19.9. The molecule has 0 saturated carbocycles. The summed E-state index contributed by atoms with van der Waals surface area (Å²) in [5.41, 5.74) is 5.34. The molecule has 1 saturated heterocycles. The van der Waals surface area contributed by atoms with Crippen LogP contribution in [0.25, 0.3) is 10.9 Å². The van der Waals surface area contributed by atoms with Gasteiger partial charge in [-0.1, -0.05) is 30.3 Å². The molecule has 0 N–H and O–H groups in total. The Morgan fingerprint density at radius 1 is 0.941 bits per heavy atom. The third-order valence-corrected chi connectivity index (χ3v) is 7.81. The third-order valence-electron chi connectivity index (χ3n) is 7.81. The number of para-hydroxylation sites is 2. The Labute approximate surface area is 200 Å². The number of benzene rings is 2. The van der Waals surface area contributed by atoms with Crippen LogP contribution in [0.3, 0.4) is 0 Å². The van der Waals surface area contributed by atoms with Crippen molar-refractivity contribution in [1.82, 2.24) is 19.3 Å². The van der Waals surface area contributed by atoms with Gasteiger partial charge in [-0.2, -0.15) is 0 Å². The Morgan fingerprint density at radius 3 is 2.50 bits per heavy atom. The highest BCUT2D eigenvalue weighted by molar-refractivity contribution is 6.02. The molecule has 34 heavy (non-hydrogen) atoms. The average Bonchev–Trinajstić information content (AvgIpc) is 3.19. The minimum Gasteiger partial charge on any atom is -0.349 e. The summed E-state index contributed by atoms with van der Waals surface area (Å²) in [5.74, 6) is 0.306. The molecule has 3 aliphatic heterocycles. The second kappa shape index (κ2) is 8.17. The van der Waals surface area contributed by atoms with E-state index in [0.717, 1.165) is 55.1 Å². The second-order valence-corrected chi connectivity index (χ2v) is 9.72. The molecule has 2 aromatic carbocycles. The lowest BCUT2D eigenvalue weighted by molar-refractivity contribution is -0.133. The van der Waals surface area contributed by atoms with Crippen molar-refractivity contribution in [2.24, 2.45) is 0 Å². The maximum absolute atomic E-state index is 13.5. The zero-order chi connectivity index (χ0) is 23.4. The smallest absolute Gasteiger partial charge is 0.257 e. The summed E-state index contributed by atoms with van der Waals surface area (Å²) in [6.45, 7) is 4.76. The number of amides is 2. The number of nitrogens with zero attached hydrogens (tertiary/aromatic N) is 5. The molecule has 176 valence electrons. The maximum Gasteiger partial charge on any atom is 0.257 e. The molecule has 0 aliphatic carbocycles. The first kappa shape index (κ1) is 21.2. The van der Waals surface area contributed by atoms with Crippen LogP contribution in [0.15, 0.2) is 48.5 Å². The molecule has 7 nitrogen and oxygen atoms in total. The minimum absolute atomic E-state index is 0.0923. The Bertz CT molecular complexity index is 1270. The van der Waals surface area contributed by atoms with Crippen molar-refractivity contribution in [2.75, 3.05) is 51.7 Å². The Kier molecular flexibility index (Phi) is 5.10. The first-order valence-electron chi connectivity index (χ1n) is 12.2. The van der Waals surface area contributed by atoms with Crippen molar-refractivity contribution in [1.29, 1.82) is 0 Å². The monoisotopic (exact) mass is 457 g/mol. The SMILES string of the molecule is CN1CCN(C(=O)CCn2c3c(c4ccccc42)CCN2C(=O)c4ccccc4N(C)[C@@H]32)CC1. The molecule has 0 bridgehead atoms. The van der Waals surface area contributed by atoms with Crippen molar-refractivity contribution in [3.63, 3.8) is 0 Å². The van der Waals surface area contributed by atoms with Gasteiger partial charge in [-0.3, -0.25) is 9.59 Å². The minimum atomic E-state index is -0.169. The molecule has 7 heteroatoms. The van der Waals surface area contributed by atoms with E-state index in [1.54, 1.807) is 0 Å². The van der Waals surface area contributed by atoms with Crippen LogP contribution in [0.2, 0.25) is 0 Å². The number of hydrogen-bond acceptors (Lipinski definition) is 4. The number of aryl methyl sites for hydroxylation is 1. The van der Waals surface area contributed by atoms with Gasteiger partial charge in [0, 0.05) is 63.6 Å². The van der Waals surface area contributed by atoms with Crippen LogP contribution in [0, 0.1) is 0 Å². The maximum atomic E-state index is 13.5. The van der Waals surface area contributed by atoms with Crippen LogP contribution < -0.4 is 4.90 Å². The lowest BCUT2D eigenvalue weighted by Crippen LogP contribution is -2.51. The number of carbonyl (C=O) groups excluding carboxylic acids is 2. The topological polar surface area (TPSA) is 52.0 Å². The lowest BCUT2D eigenvalue weighted by atomic mass is 9.96. The molecule has 3 aromatic rings. The standard InChI is InChI=1S/C27H31N5O2/c1-28-15-17-30(18-16-28)24(33)12-14-31-23-10-6-3-7-19(23)20-11-13-32-26(25(20)31)29(2)22-9-5-4-8-21(22)27(32)34/h3-10,26H,11-18H2,1-2H3/t26-/m1/s1. The van der Waals surface area contributed by atoms with E-state index < -0.39 is 0 Å². The van der Waals surface area contributed by atoms with Crippen LogP contribution in [0.5, 0.6) is 0 Å². The predicted octanol–water partition coefficient (Wildman–Crippen LogP) is 2.95. The summed E-state index contributed by atoms with van der Waals surface area (Å²) in [6, 6.07) is 16.4. The molecule has 1 aromatic heterocycles. The van der Waals surface area contributed by atoms with Crippen LogP contribution in [0.4, 0.5) is 5.69 Å². The molecule has 1 atom stereocenters. The number of anilines is 1. The Hall–Kier alpha value is -3.32. The largest absolute Gasteiger partial charge is 0.349 e. The number of fused-ring (bicyclic) bond motifs is 6. The number of rotatable bonds is 3. The molecular weight excluding hydrogens is 426 g/mol. The Balaban J connectivity index is 1.39. The third kappa shape index (κ3) is 3.21. The van der Waals surface area contributed by atoms with Crippen molar-refractivity contribution < 1.29 is 9.59 Å². The average molecular weight is 458 g/mol. The van der Waals surface area contributed by atoms with Gasteiger partial charge in [-0.25, -0.2) is 0 Å². The van der Waals surface area contributed by atoms with E-state index in [1.165, 1.54) is 10.9 Å². The van der Waals surface area contributed by atoms with Crippen molar-refractivity contribution >= 4 is 28.4 Å². The van der Waals surface area contributed by atoms with Crippen molar-refractivity contribution in [3.05, 3.63) is 65.4 Å². The fourth-order valence-electron chi connectivity index (χ4n) is 5.97. The fraction of sp³-hybridized carbons (Fsp3) is 0.407. The van der Waals surface area contributed by atoms with Gasteiger partial charge in [0.2, 0.25) is 5.91 Å². The van der Waals surface area contributed by atoms with E-state index in [1.807, 2.05) is 34.1 Å². The summed E-state index contributed by atoms with van der Waals surface area (Å²) < 4.78 is 2.31. The van der Waals surface area contributed by atoms with E-state index in [2.05, 4.69) is 52.7 Å². The van der Waals surface area contributed by atoms with Gasteiger partial charge in [0.15, 0.2) is 0 Å². The summed E-state index contributed by atoms with van der Waals surface area (Å²) in [4.78, 5) is 35.0. The van der Waals surface area contributed by atoms with Crippen molar-refractivity contribution in [3.8, 4) is 0 Å². The lowest BCUT2D eigenvalue weighted by Gasteiger charge is -2.46. The van der Waals surface area contributed by atoms with Gasteiger partial charge in [0.25, 0.3) is 5.91 Å². The number of carbonyl (C=O) groups is 2. The highest BCUT2D eigenvalue weighted by Crippen LogP contribution is 2.44. The molecule has 0 spiro atoms. The summed E-state index contributed by atoms with van der Waals surface area (Å²) in [5, 5.41) is 1.24.